The van der Waals surface area contributed by atoms with E-state index in [1.807, 2.05) is 6.07 Å². The largest absolute Gasteiger partial charge is 0.356 e. The Bertz CT molecular complexity index is 737. The molecule has 1 aromatic carbocycles. The Hall–Kier alpha value is -2.04. The fourth-order valence-corrected chi connectivity index (χ4v) is 3.66. The van der Waals surface area contributed by atoms with E-state index in [1.54, 1.807) is 0 Å². The lowest BCUT2D eigenvalue weighted by molar-refractivity contribution is -0.125. The van der Waals surface area contributed by atoms with Crippen LogP contribution in [0.15, 0.2) is 24.3 Å². The number of nitrogens with zero attached hydrogens (tertiary/aromatic N) is 3. The monoisotopic (exact) mass is 356 g/mol. The van der Waals surface area contributed by atoms with Crippen LogP contribution >= 0.6 is 0 Å². The average Bonchev–Trinajstić information content (AvgIpc) is 3.03. The van der Waals surface area contributed by atoms with Gasteiger partial charge in [-0.2, -0.15) is 0 Å². The van der Waals surface area contributed by atoms with Gasteiger partial charge in [-0.3, -0.25) is 4.79 Å². The van der Waals surface area contributed by atoms with Crippen LogP contribution in [0.4, 0.5) is 5.95 Å². The number of nitrogens with one attached hydrogen (secondary N) is 1. The Morgan fingerprint density at radius 1 is 1.35 bits per heavy atom. The molecule has 0 spiro atoms. The number of carbonyl (C=O) groups is 1. The summed E-state index contributed by atoms with van der Waals surface area (Å²) in [7, 11) is 0. The molecule has 2 aromatic rings. The highest BCUT2D eigenvalue weighted by molar-refractivity contribution is 5.81. The summed E-state index contributed by atoms with van der Waals surface area (Å²) in [6.45, 7) is 9.95. The number of amides is 1. The highest BCUT2D eigenvalue weighted by atomic mass is 16.1. The Morgan fingerprint density at radius 2 is 2.15 bits per heavy atom. The van der Waals surface area contributed by atoms with Crippen LogP contribution in [0.3, 0.4) is 0 Å². The number of hydrogen-bond acceptors (Lipinski definition) is 3. The molecule has 1 aromatic heterocycles. The molecule has 1 atom stereocenters. The standard InChI is InChI=1S/C21H32N4O/c1-4-5-13-25-19-11-7-6-10-18(19)23-21(25)24-12-8-9-17(15-24)20(26)22-14-16(2)3/h6-7,10-11,16-17H,4-5,8-9,12-15H2,1-3H3,(H,22,26)/t17-/m0/s1. The van der Waals surface area contributed by atoms with Gasteiger partial charge in [0.1, 0.15) is 0 Å². The second-order valence-corrected chi connectivity index (χ2v) is 7.83. The molecule has 1 fully saturated rings. The number of unbranched alkanes of at least 4 members (excludes halogenated alkanes) is 1. The summed E-state index contributed by atoms with van der Waals surface area (Å²) in [5.74, 6) is 1.76. The lowest BCUT2D eigenvalue weighted by Gasteiger charge is -2.33. The van der Waals surface area contributed by atoms with Crippen LogP contribution in [-0.4, -0.2) is 35.1 Å². The molecule has 1 aliphatic rings. The minimum Gasteiger partial charge on any atom is -0.356 e. The smallest absolute Gasteiger partial charge is 0.224 e. The highest BCUT2D eigenvalue weighted by Gasteiger charge is 2.28. The molecule has 0 radical (unpaired) electrons. The molecule has 142 valence electrons. The molecule has 1 saturated heterocycles. The maximum atomic E-state index is 12.5. The van der Waals surface area contributed by atoms with Gasteiger partial charge >= 0.3 is 0 Å². The molecule has 0 aliphatic carbocycles. The summed E-state index contributed by atoms with van der Waals surface area (Å²) < 4.78 is 2.34. The average molecular weight is 357 g/mol. The quantitative estimate of drug-likeness (QED) is 0.820. The third-order valence-electron chi connectivity index (χ3n) is 5.13. The van der Waals surface area contributed by atoms with Gasteiger partial charge in [0.15, 0.2) is 0 Å². The molecule has 0 unspecified atom stereocenters. The molecule has 0 bridgehead atoms. The number of hydrogen-bond donors (Lipinski definition) is 1. The lowest BCUT2D eigenvalue weighted by atomic mass is 9.97. The van der Waals surface area contributed by atoms with E-state index in [-0.39, 0.29) is 11.8 Å². The summed E-state index contributed by atoms with van der Waals surface area (Å²) in [6, 6.07) is 8.35. The van der Waals surface area contributed by atoms with E-state index in [9.17, 15) is 4.79 Å². The number of aromatic nitrogens is 2. The topological polar surface area (TPSA) is 50.2 Å². The van der Waals surface area contributed by atoms with Crippen molar-refractivity contribution in [1.29, 1.82) is 0 Å². The fraction of sp³-hybridized carbons (Fsp3) is 0.619. The van der Waals surface area contributed by atoms with Gasteiger partial charge in [0.05, 0.1) is 17.0 Å². The van der Waals surface area contributed by atoms with Crippen LogP contribution in [-0.2, 0) is 11.3 Å². The van der Waals surface area contributed by atoms with Gasteiger partial charge in [0, 0.05) is 26.2 Å². The zero-order chi connectivity index (χ0) is 18.5. The van der Waals surface area contributed by atoms with E-state index in [0.29, 0.717) is 5.92 Å². The predicted molar refractivity (Wildman–Crippen MR) is 107 cm³/mol. The highest BCUT2D eigenvalue weighted by Crippen LogP contribution is 2.27. The summed E-state index contributed by atoms with van der Waals surface area (Å²) in [6.07, 6.45) is 4.30. The Kier molecular flexibility index (Phi) is 6.17. The molecule has 2 heterocycles. The van der Waals surface area contributed by atoms with E-state index >= 15 is 0 Å². The molecular formula is C21H32N4O. The summed E-state index contributed by atoms with van der Waals surface area (Å²) >= 11 is 0. The second-order valence-electron chi connectivity index (χ2n) is 7.83. The maximum Gasteiger partial charge on any atom is 0.224 e. The molecule has 1 N–H and O–H groups in total. The number of benzene rings is 1. The molecule has 1 aliphatic heterocycles. The Balaban J connectivity index is 1.80. The second kappa shape index (κ2) is 8.56. The van der Waals surface area contributed by atoms with Crippen molar-refractivity contribution in [3.63, 3.8) is 0 Å². The van der Waals surface area contributed by atoms with E-state index < -0.39 is 0 Å². The number of piperidine rings is 1. The van der Waals surface area contributed by atoms with Gasteiger partial charge in [-0.1, -0.05) is 39.3 Å². The number of anilines is 1. The van der Waals surface area contributed by atoms with Crippen LogP contribution in [0.2, 0.25) is 0 Å². The number of carbonyl (C=O) groups excluding carboxylic acids is 1. The van der Waals surface area contributed by atoms with Crippen LogP contribution < -0.4 is 10.2 Å². The van der Waals surface area contributed by atoms with Crippen LogP contribution in [0, 0.1) is 11.8 Å². The number of rotatable bonds is 7. The minimum absolute atomic E-state index is 0.0573. The summed E-state index contributed by atoms with van der Waals surface area (Å²) in [5, 5.41) is 3.11. The van der Waals surface area contributed by atoms with Gasteiger partial charge in [-0.15, -0.1) is 0 Å². The molecule has 5 heteroatoms. The zero-order valence-corrected chi connectivity index (χ0v) is 16.4. The first kappa shape index (κ1) is 18.7. The van der Waals surface area contributed by atoms with Gasteiger partial charge in [-0.25, -0.2) is 4.98 Å². The van der Waals surface area contributed by atoms with Crippen LogP contribution in [0.25, 0.3) is 11.0 Å². The predicted octanol–water partition coefficient (Wildman–Crippen LogP) is 3.83. The Labute approximate surface area is 156 Å². The van der Waals surface area contributed by atoms with Crippen molar-refractivity contribution in [2.75, 3.05) is 24.5 Å². The fourth-order valence-electron chi connectivity index (χ4n) is 3.66. The molecular weight excluding hydrogens is 324 g/mol. The van der Waals surface area contributed by atoms with E-state index in [2.05, 4.69) is 53.8 Å². The number of aryl methyl sites for hydroxylation is 1. The third kappa shape index (κ3) is 4.19. The van der Waals surface area contributed by atoms with Crippen molar-refractivity contribution in [3.8, 4) is 0 Å². The number of para-hydroxylation sites is 2. The SMILES string of the molecule is CCCCn1c(N2CCC[C@H](C(=O)NCC(C)C)C2)nc2ccccc21. The van der Waals surface area contributed by atoms with E-state index in [4.69, 9.17) is 4.98 Å². The van der Waals surface area contributed by atoms with Crippen molar-refractivity contribution >= 4 is 22.9 Å². The van der Waals surface area contributed by atoms with Gasteiger partial charge in [0.2, 0.25) is 11.9 Å². The molecule has 5 nitrogen and oxygen atoms in total. The van der Waals surface area contributed by atoms with E-state index in [0.717, 1.165) is 63.3 Å². The van der Waals surface area contributed by atoms with Gasteiger partial charge in [0.25, 0.3) is 0 Å². The summed E-state index contributed by atoms with van der Waals surface area (Å²) in [4.78, 5) is 19.8. The Morgan fingerprint density at radius 3 is 2.92 bits per heavy atom. The zero-order valence-electron chi connectivity index (χ0n) is 16.4. The number of imidazole rings is 1. The van der Waals surface area contributed by atoms with Crippen molar-refractivity contribution in [2.45, 2.75) is 53.0 Å². The molecule has 26 heavy (non-hydrogen) atoms. The van der Waals surface area contributed by atoms with Crippen molar-refractivity contribution < 1.29 is 4.79 Å². The summed E-state index contributed by atoms with van der Waals surface area (Å²) in [5.41, 5.74) is 2.24. The van der Waals surface area contributed by atoms with E-state index in [1.165, 1.54) is 5.52 Å². The van der Waals surface area contributed by atoms with Crippen LogP contribution in [0.1, 0.15) is 46.5 Å². The first-order chi connectivity index (χ1) is 12.6. The maximum absolute atomic E-state index is 12.5. The minimum atomic E-state index is 0.0573. The third-order valence-corrected chi connectivity index (χ3v) is 5.13. The van der Waals surface area contributed by atoms with Crippen LogP contribution in [0.5, 0.6) is 0 Å². The first-order valence-corrected chi connectivity index (χ1v) is 10.1. The molecule has 0 saturated carbocycles. The van der Waals surface area contributed by atoms with Crippen molar-refractivity contribution in [1.82, 2.24) is 14.9 Å². The van der Waals surface area contributed by atoms with Gasteiger partial charge in [-0.05, 0) is 37.3 Å². The first-order valence-electron chi connectivity index (χ1n) is 10.1. The normalized spacial score (nSPS) is 17.8. The molecule has 1 amide bonds. The molecule has 3 rings (SSSR count). The lowest BCUT2D eigenvalue weighted by Crippen LogP contribution is -2.44. The van der Waals surface area contributed by atoms with Crippen molar-refractivity contribution in [3.05, 3.63) is 24.3 Å². The number of fused-ring (bicyclic) bond motifs is 1. The van der Waals surface area contributed by atoms with Gasteiger partial charge < -0.3 is 14.8 Å². The van der Waals surface area contributed by atoms with Crippen molar-refractivity contribution in [2.24, 2.45) is 11.8 Å².